The zero-order valence-electron chi connectivity index (χ0n) is 22.0. The average Bonchev–Trinajstić information content (AvgIpc) is 3.38. The predicted molar refractivity (Wildman–Crippen MR) is 169 cm³/mol. The molecule has 0 aliphatic carbocycles. The summed E-state index contributed by atoms with van der Waals surface area (Å²) in [5.41, 5.74) is 8.81. The number of rotatable bonds is 5. The molecule has 0 bridgehead atoms. The summed E-state index contributed by atoms with van der Waals surface area (Å²) in [5.74, 6) is 1.30. The van der Waals surface area contributed by atoms with Crippen LogP contribution in [-0.2, 0) is 0 Å². The van der Waals surface area contributed by atoms with Crippen molar-refractivity contribution in [2.75, 3.05) is 0 Å². The molecule has 2 aliphatic rings. The van der Waals surface area contributed by atoms with E-state index in [1.165, 1.54) is 3.57 Å². The largest absolute Gasteiger partial charge is 0.780 e. The van der Waals surface area contributed by atoms with Gasteiger partial charge in [-0.25, -0.2) is 0 Å². The maximum atomic E-state index is 7.04. The molecule has 6 rings (SSSR count). The van der Waals surface area contributed by atoms with Gasteiger partial charge in [0.15, 0.2) is 5.70 Å². The van der Waals surface area contributed by atoms with Crippen LogP contribution in [0.1, 0.15) is 36.4 Å². The van der Waals surface area contributed by atoms with Crippen molar-refractivity contribution in [3.63, 3.8) is 0 Å². The molecule has 0 radical (unpaired) electrons. The maximum absolute atomic E-state index is 7.04. The lowest BCUT2D eigenvalue weighted by Crippen LogP contribution is -2.67. The summed E-state index contributed by atoms with van der Waals surface area (Å²) < 4.78 is 19.7. The number of nitrogens with zero attached hydrogens (tertiary/aromatic N) is 2. The molecule has 0 saturated heterocycles. The first-order chi connectivity index (χ1) is 18.7. The average molecular weight is 667 g/mol. The van der Waals surface area contributed by atoms with Crippen molar-refractivity contribution >= 4 is 63.9 Å². The van der Waals surface area contributed by atoms with Crippen LogP contribution in [0, 0.1) is 17.4 Å². The molecule has 0 amide bonds. The number of aromatic nitrogens is 1. The van der Waals surface area contributed by atoms with Crippen LogP contribution < -0.4 is 9.31 Å². The Balaban J connectivity index is 1.70. The monoisotopic (exact) mass is 666 g/mol. The van der Waals surface area contributed by atoms with Crippen LogP contribution in [0.5, 0.6) is 11.5 Å². The zero-order chi connectivity index (χ0) is 27.5. The molecule has 0 N–H and O–H groups in total. The molecule has 3 heterocycles. The predicted octanol–water partition coefficient (Wildman–Crippen LogP) is 8.66. The minimum absolute atomic E-state index is 0.642. The molecule has 196 valence electrons. The number of hydrogen-bond donors (Lipinski definition) is 0. The van der Waals surface area contributed by atoms with E-state index in [0.29, 0.717) is 21.5 Å². The summed E-state index contributed by atoms with van der Waals surface area (Å²) >= 11 is 14.8. The van der Waals surface area contributed by atoms with E-state index in [2.05, 4.69) is 95.7 Å². The fourth-order valence-electron chi connectivity index (χ4n) is 5.84. The quantitative estimate of drug-likeness (QED) is 0.157. The first-order valence-electron chi connectivity index (χ1n) is 12.7. The highest BCUT2D eigenvalue weighted by Crippen LogP contribution is 2.44. The van der Waals surface area contributed by atoms with Crippen molar-refractivity contribution in [3.8, 4) is 11.5 Å². The van der Waals surface area contributed by atoms with Gasteiger partial charge in [0.2, 0.25) is 0 Å². The Morgan fingerprint density at radius 1 is 0.769 bits per heavy atom. The standard InChI is InChI=1S/C31H26BCl2IN2O2/c1-19-17-21(3)36-30(19)29(23-5-11-26(35)12-6-23)31-20(2)18-22(4)37(31)32(36,38-27-13-7-24(33)8-14-27)39-28-15-9-25(34)10-16-28/h5-18H,1-4H3. The van der Waals surface area contributed by atoms with E-state index in [-0.39, 0.29) is 0 Å². The van der Waals surface area contributed by atoms with Crippen LogP contribution in [0.25, 0.3) is 5.57 Å². The number of fused-ring (bicyclic) bond motifs is 2. The van der Waals surface area contributed by atoms with Crippen molar-refractivity contribution in [2.45, 2.75) is 27.7 Å². The van der Waals surface area contributed by atoms with Gasteiger partial charge < -0.3 is 18.3 Å². The van der Waals surface area contributed by atoms with Gasteiger partial charge >= 0.3 is 6.82 Å². The van der Waals surface area contributed by atoms with Crippen LogP contribution in [0.3, 0.4) is 0 Å². The van der Waals surface area contributed by atoms with Gasteiger partial charge in [0, 0.05) is 37.9 Å². The lowest BCUT2D eigenvalue weighted by molar-refractivity contribution is -0.372. The summed E-state index contributed by atoms with van der Waals surface area (Å²) in [5, 5.41) is 1.28. The van der Waals surface area contributed by atoms with E-state index < -0.39 is 6.82 Å². The third kappa shape index (κ3) is 4.43. The first kappa shape index (κ1) is 26.3. The van der Waals surface area contributed by atoms with E-state index in [0.717, 1.165) is 45.1 Å². The highest BCUT2D eigenvalue weighted by atomic mass is 127. The van der Waals surface area contributed by atoms with Gasteiger partial charge in [0.1, 0.15) is 5.71 Å². The van der Waals surface area contributed by atoms with Crippen molar-refractivity contribution in [1.82, 2.24) is 4.48 Å². The van der Waals surface area contributed by atoms with E-state index in [1.807, 2.05) is 48.5 Å². The molecule has 0 atom stereocenters. The Kier molecular flexibility index (Phi) is 6.68. The fourth-order valence-corrected chi connectivity index (χ4v) is 6.46. The molecule has 0 fully saturated rings. The van der Waals surface area contributed by atoms with E-state index in [9.17, 15) is 0 Å². The third-order valence-electron chi connectivity index (χ3n) is 7.31. The smallest absolute Gasteiger partial charge is 0.601 e. The molecule has 4 nitrogen and oxygen atoms in total. The molecule has 2 aliphatic heterocycles. The molecule has 0 unspecified atom stereocenters. The van der Waals surface area contributed by atoms with Crippen molar-refractivity contribution in [2.24, 2.45) is 0 Å². The van der Waals surface area contributed by atoms with E-state index in [1.54, 1.807) is 0 Å². The Bertz CT molecular complexity index is 1660. The van der Waals surface area contributed by atoms with Crippen LogP contribution in [0.2, 0.25) is 10.0 Å². The highest BCUT2D eigenvalue weighted by molar-refractivity contribution is 14.1. The van der Waals surface area contributed by atoms with Crippen LogP contribution >= 0.6 is 45.8 Å². The second-order valence-electron chi connectivity index (χ2n) is 10.0. The Labute approximate surface area is 252 Å². The highest BCUT2D eigenvalue weighted by Gasteiger charge is 2.60. The molecule has 1 aromatic heterocycles. The summed E-state index contributed by atoms with van der Waals surface area (Å²) in [7, 11) is 0. The number of allylic oxidation sites excluding steroid dienone is 2. The normalized spacial score (nSPS) is 15.7. The summed E-state index contributed by atoms with van der Waals surface area (Å²) in [4.78, 5) is 0. The molecule has 39 heavy (non-hydrogen) atoms. The van der Waals surface area contributed by atoms with Gasteiger partial charge in [-0.15, -0.1) is 0 Å². The molecule has 8 heteroatoms. The van der Waals surface area contributed by atoms with E-state index in [4.69, 9.17) is 32.5 Å². The van der Waals surface area contributed by atoms with E-state index >= 15 is 0 Å². The number of halogens is 3. The summed E-state index contributed by atoms with van der Waals surface area (Å²) in [6, 6.07) is 25.7. The van der Waals surface area contributed by atoms with Crippen LogP contribution in [0.4, 0.5) is 0 Å². The fraction of sp³-hybridized carbons (Fsp3) is 0.129. The van der Waals surface area contributed by atoms with Crippen molar-refractivity contribution < 1.29 is 13.8 Å². The van der Waals surface area contributed by atoms with Gasteiger partial charge in [-0.1, -0.05) is 35.3 Å². The minimum Gasteiger partial charge on any atom is -0.601 e. The minimum atomic E-state index is -2.37. The van der Waals surface area contributed by atoms with Crippen molar-refractivity contribution in [1.29, 1.82) is 0 Å². The van der Waals surface area contributed by atoms with Crippen LogP contribution in [-0.4, -0.2) is 21.5 Å². The molecular weight excluding hydrogens is 641 g/mol. The molecule has 3 aromatic carbocycles. The van der Waals surface area contributed by atoms with Gasteiger partial charge in [-0.2, -0.15) is 0 Å². The molecular formula is C31H26BCl2IN2O2. The van der Waals surface area contributed by atoms with Gasteiger partial charge in [0.05, 0.1) is 17.1 Å². The first-order valence-corrected chi connectivity index (χ1v) is 14.6. The number of aryl methyl sites for hydroxylation is 2. The Morgan fingerprint density at radius 3 is 1.85 bits per heavy atom. The SMILES string of the molecule is CC1=CC(C)=[N+]2C1=C(c1ccc(I)cc1)c1c(C)cc(C)n1[B-]2(Oc1ccc(Cl)cc1)Oc1ccc(Cl)cc1. The lowest BCUT2D eigenvalue weighted by Gasteiger charge is -2.43. The summed E-state index contributed by atoms with van der Waals surface area (Å²) in [6.07, 6.45) is 2.20. The number of hydrogen-bond acceptors (Lipinski definition) is 2. The van der Waals surface area contributed by atoms with Crippen LogP contribution in [0.15, 0.2) is 96.2 Å². The number of benzene rings is 3. The lowest BCUT2D eigenvalue weighted by atomic mass is 9.77. The van der Waals surface area contributed by atoms with Gasteiger partial charge in [0.25, 0.3) is 0 Å². The second-order valence-corrected chi connectivity index (χ2v) is 12.2. The topological polar surface area (TPSA) is 26.4 Å². The van der Waals surface area contributed by atoms with Crippen molar-refractivity contribution in [3.05, 3.63) is 132 Å². The third-order valence-corrected chi connectivity index (χ3v) is 8.53. The molecule has 0 spiro atoms. The molecule has 4 aromatic rings. The molecule has 0 saturated carbocycles. The van der Waals surface area contributed by atoms with Gasteiger partial charge in [-0.05, 0) is 127 Å². The second kappa shape index (κ2) is 9.91. The maximum Gasteiger partial charge on any atom is 0.780 e. The zero-order valence-corrected chi connectivity index (χ0v) is 25.7. The Hall–Kier alpha value is -2.94. The Morgan fingerprint density at radius 2 is 1.31 bits per heavy atom. The van der Waals surface area contributed by atoms with Gasteiger partial charge in [-0.3, -0.25) is 0 Å². The summed E-state index contributed by atoms with van der Waals surface area (Å²) in [6.45, 7) is 6.14.